The third kappa shape index (κ3) is 3.45. The van der Waals surface area contributed by atoms with Crippen LogP contribution in [0.15, 0.2) is 34.9 Å². The maximum absolute atomic E-state index is 5.92. The van der Waals surface area contributed by atoms with Crippen LogP contribution in [0.4, 0.5) is 0 Å². The van der Waals surface area contributed by atoms with E-state index in [4.69, 9.17) is 16.1 Å². The largest absolute Gasteiger partial charge is 0.338 e. The van der Waals surface area contributed by atoms with Gasteiger partial charge in [-0.05, 0) is 50.6 Å². The number of hydrogen-bond donors (Lipinski definition) is 0. The van der Waals surface area contributed by atoms with Crippen LogP contribution in [0.25, 0.3) is 11.4 Å². The molecule has 1 atom stereocenters. The van der Waals surface area contributed by atoms with E-state index in [1.807, 2.05) is 31.2 Å². The molecule has 0 radical (unpaired) electrons. The van der Waals surface area contributed by atoms with Gasteiger partial charge in [-0.2, -0.15) is 10.1 Å². The molecule has 0 aliphatic carbocycles. The molecule has 3 heterocycles. The van der Waals surface area contributed by atoms with Gasteiger partial charge in [-0.1, -0.05) is 16.8 Å². The fourth-order valence-corrected chi connectivity index (χ4v) is 3.52. The summed E-state index contributed by atoms with van der Waals surface area (Å²) in [7, 11) is 0. The lowest BCUT2D eigenvalue weighted by Gasteiger charge is -2.15. The number of aromatic nitrogens is 4. The topological polar surface area (TPSA) is 60.0 Å². The van der Waals surface area contributed by atoms with Gasteiger partial charge in [0.2, 0.25) is 11.7 Å². The van der Waals surface area contributed by atoms with Crippen LogP contribution in [0.3, 0.4) is 0 Å². The molecule has 1 aliphatic rings. The normalized spacial score (nSPS) is 18.1. The van der Waals surface area contributed by atoms with Crippen LogP contribution in [0.2, 0.25) is 5.02 Å². The van der Waals surface area contributed by atoms with Gasteiger partial charge in [0, 0.05) is 29.4 Å². The van der Waals surface area contributed by atoms with Crippen molar-refractivity contribution in [2.24, 2.45) is 0 Å². The van der Waals surface area contributed by atoms with Crippen molar-refractivity contribution in [3.63, 3.8) is 0 Å². The van der Waals surface area contributed by atoms with E-state index < -0.39 is 0 Å². The van der Waals surface area contributed by atoms with E-state index in [0.717, 1.165) is 30.8 Å². The average Bonchev–Trinajstić information content (AvgIpc) is 3.29. The molecule has 2 aromatic heterocycles. The second kappa shape index (κ2) is 6.61. The van der Waals surface area contributed by atoms with E-state index in [1.54, 1.807) is 0 Å². The van der Waals surface area contributed by atoms with Crippen LogP contribution in [0.1, 0.15) is 29.7 Å². The molecule has 1 saturated heterocycles. The summed E-state index contributed by atoms with van der Waals surface area (Å²) in [5.41, 5.74) is 3.19. The molecule has 3 aromatic rings. The summed E-state index contributed by atoms with van der Waals surface area (Å²) in [6.45, 7) is 6.75. The number of likely N-dealkylation sites (tertiary alicyclic amines) is 1. The molecule has 0 saturated carbocycles. The fourth-order valence-electron chi connectivity index (χ4n) is 3.40. The minimum absolute atomic E-state index is 0.410. The second-order valence-corrected chi connectivity index (χ2v) is 7.00. The first-order valence-electron chi connectivity index (χ1n) is 8.42. The van der Waals surface area contributed by atoms with Crippen LogP contribution in [-0.4, -0.2) is 37.9 Å². The predicted molar refractivity (Wildman–Crippen MR) is 95.4 cm³/mol. The molecular formula is C18H20ClN5O. The number of hydrogen-bond acceptors (Lipinski definition) is 5. The summed E-state index contributed by atoms with van der Waals surface area (Å²) in [4.78, 5) is 6.84. The Bertz CT molecular complexity index is 870. The maximum atomic E-state index is 5.92. The molecule has 1 aliphatic heterocycles. The Kier molecular flexibility index (Phi) is 4.31. The number of benzene rings is 1. The van der Waals surface area contributed by atoms with Gasteiger partial charge in [-0.25, -0.2) is 0 Å². The van der Waals surface area contributed by atoms with E-state index in [0.29, 0.717) is 29.3 Å². The van der Waals surface area contributed by atoms with E-state index >= 15 is 0 Å². The Morgan fingerprint density at radius 2 is 2.04 bits per heavy atom. The van der Waals surface area contributed by atoms with Gasteiger partial charge in [0.1, 0.15) is 0 Å². The van der Waals surface area contributed by atoms with Gasteiger partial charge in [-0.15, -0.1) is 0 Å². The van der Waals surface area contributed by atoms with Crippen LogP contribution in [0.5, 0.6) is 0 Å². The van der Waals surface area contributed by atoms with Crippen molar-refractivity contribution in [3.05, 3.63) is 52.6 Å². The van der Waals surface area contributed by atoms with Gasteiger partial charge < -0.3 is 4.52 Å². The molecule has 0 N–H and O–H groups in total. The molecular weight excluding hydrogens is 338 g/mol. The van der Waals surface area contributed by atoms with Gasteiger partial charge in [0.15, 0.2) is 0 Å². The number of halogens is 1. The Hall–Kier alpha value is -2.18. The number of aryl methyl sites for hydroxylation is 2. The number of rotatable bonds is 4. The first-order valence-corrected chi connectivity index (χ1v) is 8.80. The molecule has 0 spiro atoms. The lowest BCUT2D eigenvalue weighted by Crippen LogP contribution is -2.22. The van der Waals surface area contributed by atoms with Crippen molar-refractivity contribution in [2.75, 3.05) is 13.1 Å². The zero-order chi connectivity index (χ0) is 17.4. The lowest BCUT2D eigenvalue weighted by atomic mass is 10.2. The highest BCUT2D eigenvalue weighted by atomic mass is 35.5. The molecule has 0 unspecified atom stereocenters. The van der Waals surface area contributed by atoms with E-state index in [1.165, 1.54) is 5.69 Å². The highest BCUT2D eigenvalue weighted by Gasteiger charge is 2.26. The van der Waals surface area contributed by atoms with E-state index in [2.05, 4.69) is 37.8 Å². The lowest BCUT2D eigenvalue weighted by molar-refractivity contribution is 0.258. The average molecular weight is 358 g/mol. The standard InChI is InChI=1S/C18H20ClN5O/c1-12-9-13(2)24(21-12)16-7-8-23(10-16)11-17-20-18(22-25-17)14-3-5-15(19)6-4-14/h3-6,9,16H,7-8,10-11H2,1-2H3/t16-/m0/s1. The van der Waals surface area contributed by atoms with Gasteiger partial charge in [0.05, 0.1) is 18.3 Å². The smallest absolute Gasteiger partial charge is 0.241 e. The summed E-state index contributed by atoms with van der Waals surface area (Å²) in [5, 5.41) is 9.39. The molecule has 4 rings (SSSR count). The van der Waals surface area contributed by atoms with Crippen LogP contribution in [-0.2, 0) is 6.54 Å². The molecule has 1 fully saturated rings. The first kappa shape index (κ1) is 16.3. The fraction of sp³-hybridized carbons (Fsp3) is 0.389. The molecule has 0 amide bonds. The quantitative estimate of drug-likeness (QED) is 0.713. The molecule has 1 aromatic carbocycles. The zero-order valence-corrected chi connectivity index (χ0v) is 15.1. The molecule has 6 nitrogen and oxygen atoms in total. The highest BCUT2D eigenvalue weighted by Crippen LogP contribution is 2.25. The third-order valence-electron chi connectivity index (χ3n) is 4.57. The molecule has 130 valence electrons. The van der Waals surface area contributed by atoms with E-state index in [-0.39, 0.29) is 0 Å². The Balaban J connectivity index is 1.42. The Morgan fingerprint density at radius 1 is 1.24 bits per heavy atom. The zero-order valence-electron chi connectivity index (χ0n) is 14.3. The molecule has 0 bridgehead atoms. The van der Waals surface area contributed by atoms with Gasteiger partial charge in [0.25, 0.3) is 0 Å². The van der Waals surface area contributed by atoms with Crippen molar-refractivity contribution in [2.45, 2.75) is 32.9 Å². The minimum atomic E-state index is 0.410. The predicted octanol–water partition coefficient (Wildman–Crippen LogP) is 3.65. The summed E-state index contributed by atoms with van der Waals surface area (Å²) in [6.07, 6.45) is 1.08. The molecule has 25 heavy (non-hydrogen) atoms. The van der Waals surface area contributed by atoms with E-state index in [9.17, 15) is 0 Å². The van der Waals surface area contributed by atoms with Crippen molar-refractivity contribution in [3.8, 4) is 11.4 Å². The Labute approximate surface area is 151 Å². The van der Waals surface area contributed by atoms with Gasteiger partial charge >= 0.3 is 0 Å². The second-order valence-electron chi connectivity index (χ2n) is 6.57. The SMILES string of the molecule is Cc1cc(C)n([C@H]2CCN(Cc3nc(-c4ccc(Cl)cc4)no3)C2)n1. The van der Waals surface area contributed by atoms with Crippen molar-refractivity contribution in [1.82, 2.24) is 24.8 Å². The number of nitrogens with zero attached hydrogens (tertiary/aromatic N) is 5. The summed E-state index contributed by atoms with van der Waals surface area (Å²) in [6, 6.07) is 9.97. The Morgan fingerprint density at radius 3 is 2.76 bits per heavy atom. The summed E-state index contributed by atoms with van der Waals surface area (Å²) in [5.74, 6) is 1.24. The monoisotopic (exact) mass is 357 g/mol. The molecule has 7 heteroatoms. The minimum Gasteiger partial charge on any atom is -0.338 e. The van der Waals surface area contributed by atoms with Crippen LogP contribution in [0, 0.1) is 13.8 Å². The van der Waals surface area contributed by atoms with Crippen molar-refractivity contribution >= 4 is 11.6 Å². The van der Waals surface area contributed by atoms with Crippen molar-refractivity contribution < 1.29 is 4.52 Å². The third-order valence-corrected chi connectivity index (χ3v) is 4.82. The summed E-state index contributed by atoms with van der Waals surface area (Å²) < 4.78 is 7.56. The van der Waals surface area contributed by atoms with Crippen LogP contribution >= 0.6 is 11.6 Å². The van der Waals surface area contributed by atoms with Crippen molar-refractivity contribution in [1.29, 1.82) is 0 Å². The highest BCUT2D eigenvalue weighted by molar-refractivity contribution is 6.30. The maximum Gasteiger partial charge on any atom is 0.241 e. The van der Waals surface area contributed by atoms with Crippen LogP contribution < -0.4 is 0 Å². The van der Waals surface area contributed by atoms with Gasteiger partial charge in [-0.3, -0.25) is 9.58 Å². The first-order chi connectivity index (χ1) is 12.1. The summed E-state index contributed by atoms with van der Waals surface area (Å²) >= 11 is 5.92.